The maximum absolute atomic E-state index is 13.4. The van der Waals surface area contributed by atoms with Gasteiger partial charge in [-0.15, -0.1) is 0 Å². The lowest BCUT2D eigenvalue weighted by Gasteiger charge is -2.07. The standard InChI is InChI=1S/C28H18Cl2N6O10S3/c29-17-1-5-19(6-2-17)31-48(41,42)25-27(37)45-33-35(25)21-9-13-23(14-10-21)47(39,40)24-15-11-22(12-16-24)36-26(28(38)46-34-36)49(43,44)32-20-7-3-18(30)4-8-20/h1-16,31-32H. The number of hydrogen-bond donors (Lipinski definition) is 2. The Morgan fingerprint density at radius 3 is 1.18 bits per heavy atom. The number of aromatic nitrogens is 4. The smallest absolute Gasteiger partial charge is 0.373 e. The van der Waals surface area contributed by atoms with Crippen LogP contribution in [0.25, 0.3) is 11.4 Å². The summed E-state index contributed by atoms with van der Waals surface area (Å²) in [5.74, 6) is -2.55. The summed E-state index contributed by atoms with van der Waals surface area (Å²) >= 11 is 11.7. The van der Waals surface area contributed by atoms with Crippen molar-refractivity contribution in [1.82, 2.24) is 10.5 Å². The van der Waals surface area contributed by atoms with Gasteiger partial charge in [0.2, 0.25) is 21.2 Å². The highest BCUT2D eigenvalue weighted by molar-refractivity contribution is 7.93. The van der Waals surface area contributed by atoms with E-state index in [1.807, 2.05) is 0 Å². The van der Waals surface area contributed by atoms with Crippen LogP contribution in [0.15, 0.2) is 126 Å². The minimum atomic E-state index is -4.53. The Kier molecular flexibility index (Phi) is 8.71. The van der Waals surface area contributed by atoms with Gasteiger partial charge in [0.1, 0.15) is 0 Å². The normalized spacial score (nSPS) is 12.1. The van der Waals surface area contributed by atoms with Gasteiger partial charge in [0.25, 0.3) is 0 Å². The molecule has 2 N–H and O–H groups in total. The van der Waals surface area contributed by atoms with Gasteiger partial charge >= 0.3 is 30.1 Å². The number of nitrogens with one attached hydrogen (secondary N) is 2. The number of halogens is 2. The van der Waals surface area contributed by atoms with Crippen molar-refractivity contribution in [1.29, 1.82) is 0 Å². The molecule has 0 fully saturated rings. The maximum Gasteiger partial charge on any atom is 0.373 e. The number of nitrogens with zero attached hydrogens (tertiary/aromatic N) is 4. The van der Waals surface area contributed by atoms with E-state index < -0.39 is 51.8 Å². The molecule has 0 aliphatic rings. The first kappa shape index (κ1) is 33.7. The van der Waals surface area contributed by atoms with Crippen molar-refractivity contribution in [3.8, 4) is 23.3 Å². The number of rotatable bonds is 10. The molecule has 0 saturated heterocycles. The molecule has 0 bridgehead atoms. The van der Waals surface area contributed by atoms with Crippen molar-refractivity contribution in [2.45, 2.75) is 19.8 Å². The maximum atomic E-state index is 13.4. The average molecular weight is 766 g/mol. The van der Waals surface area contributed by atoms with Crippen LogP contribution in [0.2, 0.25) is 10.0 Å². The third kappa shape index (κ3) is 6.74. The van der Waals surface area contributed by atoms with Gasteiger partial charge in [-0.3, -0.25) is 9.44 Å². The van der Waals surface area contributed by atoms with Crippen LogP contribution < -0.4 is 29.0 Å². The van der Waals surface area contributed by atoms with E-state index in [1.165, 1.54) is 72.8 Å². The minimum absolute atomic E-state index is 0.0200. The molecule has 4 aromatic carbocycles. The molecule has 49 heavy (non-hydrogen) atoms. The Labute approximate surface area is 287 Å². The van der Waals surface area contributed by atoms with E-state index in [0.29, 0.717) is 19.4 Å². The van der Waals surface area contributed by atoms with Crippen LogP contribution in [0.1, 0.15) is 0 Å². The summed E-state index contributed by atoms with van der Waals surface area (Å²) in [7, 11) is -13.3. The molecule has 2 aromatic heterocycles. The molecule has 0 spiro atoms. The predicted molar refractivity (Wildman–Crippen MR) is 165 cm³/mol. The van der Waals surface area contributed by atoms with Gasteiger partial charge in [-0.25, -0.2) is 8.42 Å². The molecular formula is C28H18Cl2N6O10S3. The predicted octanol–water partition coefficient (Wildman–Crippen LogP) is 2.10. The van der Waals surface area contributed by atoms with Crippen LogP contribution >= 0.6 is 23.2 Å². The molecule has 0 saturated carbocycles. The minimum Gasteiger partial charge on any atom is -0.538 e. The van der Waals surface area contributed by atoms with Crippen LogP contribution in [0.5, 0.6) is 11.9 Å². The van der Waals surface area contributed by atoms with Crippen molar-refractivity contribution in [3.63, 3.8) is 0 Å². The molecule has 21 heteroatoms. The number of anilines is 2. The SMILES string of the molecule is O=S(=O)(Nc1ccc(Cl)cc1)c1c([O-])on[n+]1-c1ccc(S(=O)(=O)c2ccc(-[n+]3noc([O-])c3S(=O)(=O)Nc3ccc(Cl)cc3)cc2)cc1. The summed E-state index contributed by atoms with van der Waals surface area (Å²) in [5.41, 5.74) is 0.167. The molecule has 16 nitrogen and oxygen atoms in total. The van der Waals surface area contributed by atoms with Crippen LogP contribution in [-0.4, -0.2) is 35.8 Å². The zero-order valence-corrected chi connectivity index (χ0v) is 28.1. The average Bonchev–Trinajstić information content (AvgIpc) is 3.66. The van der Waals surface area contributed by atoms with Crippen LogP contribution in [-0.2, 0) is 29.9 Å². The van der Waals surface area contributed by atoms with Crippen LogP contribution in [0.3, 0.4) is 0 Å². The van der Waals surface area contributed by atoms with Crippen LogP contribution in [0, 0.1) is 0 Å². The van der Waals surface area contributed by atoms with Gasteiger partial charge in [-0.05, 0) is 82.2 Å². The molecular weight excluding hydrogens is 747 g/mol. The fourth-order valence-corrected chi connectivity index (χ4v) is 8.21. The summed E-state index contributed by atoms with van der Waals surface area (Å²) in [4.78, 5) is -0.462. The summed E-state index contributed by atoms with van der Waals surface area (Å²) in [6.07, 6.45) is 0. The molecule has 0 unspecified atom stereocenters. The fraction of sp³-hybridized carbons (Fsp3) is 0. The van der Waals surface area contributed by atoms with E-state index in [-0.39, 0.29) is 32.5 Å². The zero-order chi connectivity index (χ0) is 35.1. The second-order valence-electron chi connectivity index (χ2n) is 9.87. The van der Waals surface area contributed by atoms with Gasteiger partial charge in [0, 0.05) is 45.7 Å². The Morgan fingerprint density at radius 2 is 0.857 bits per heavy atom. The lowest BCUT2D eigenvalue weighted by atomic mass is 10.3. The molecule has 6 aromatic rings. The third-order valence-electron chi connectivity index (χ3n) is 6.63. The number of sulfone groups is 1. The molecule has 0 aliphatic carbocycles. The lowest BCUT2D eigenvalue weighted by Crippen LogP contribution is -2.40. The van der Waals surface area contributed by atoms with Gasteiger partial charge in [-0.2, -0.15) is 16.8 Å². The second kappa shape index (κ2) is 12.7. The van der Waals surface area contributed by atoms with E-state index in [9.17, 15) is 35.5 Å². The molecule has 0 amide bonds. The quantitative estimate of drug-likeness (QED) is 0.191. The van der Waals surface area contributed by atoms with Crippen LogP contribution in [0.4, 0.5) is 11.4 Å². The highest BCUT2D eigenvalue weighted by Gasteiger charge is 2.35. The van der Waals surface area contributed by atoms with Crippen molar-refractivity contribution in [2.75, 3.05) is 9.44 Å². The molecule has 6 rings (SSSR count). The Balaban J connectivity index is 1.25. The van der Waals surface area contributed by atoms with Crippen molar-refractivity contribution < 1.29 is 53.9 Å². The summed E-state index contributed by atoms with van der Waals surface area (Å²) in [5, 5.41) is 30.7. The second-order valence-corrected chi connectivity index (χ2v) is 15.9. The number of hydrogen-bond acceptors (Lipinski definition) is 12. The first-order valence-electron chi connectivity index (χ1n) is 13.4. The topological polar surface area (TPSA) is 232 Å². The zero-order valence-electron chi connectivity index (χ0n) is 24.1. The summed E-state index contributed by atoms with van der Waals surface area (Å²) in [6, 6.07) is 20.7. The molecule has 0 atom stereocenters. The molecule has 0 radical (unpaired) electrons. The number of benzene rings is 4. The third-order valence-corrected chi connectivity index (χ3v) is 11.6. The van der Waals surface area contributed by atoms with E-state index >= 15 is 0 Å². The lowest BCUT2D eigenvalue weighted by molar-refractivity contribution is -0.706. The Morgan fingerprint density at radius 1 is 0.531 bits per heavy atom. The first-order valence-corrected chi connectivity index (χ1v) is 18.6. The molecule has 252 valence electrons. The fourth-order valence-electron chi connectivity index (χ4n) is 4.37. The van der Waals surface area contributed by atoms with Crippen molar-refractivity contribution >= 4 is 64.5 Å². The number of sulfonamides is 2. The van der Waals surface area contributed by atoms with Crippen molar-refractivity contribution in [2.24, 2.45) is 0 Å². The first-order chi connectivity index (χ1) is 23.2. The van der Waals surface area contributed by atoms with E-state index in [0.717, 1.165) is 24.3 Å². The largest absolute Gasteiger partial charge is 0.538 e. The van der Waals surface area contributed by atoms with Gasteiger partial charge in [0.15, 0.2) is 11.9 Å². The highest BCUT2D eigenvalue weighted by Crippen LogP contribution is 2.26. The van der Waals surface area contributed by atoms with Gasteiger partial charge in [-0.1, -0.05) is 23.2 Å². The van der Waals surface area contributed by atoms with E-state index in [4.69, 9.17) is 23.2 Å². The Hall–Kier alpha value is -5.21. The monoisotopic (exact) mass is 764 g/mol. The summed E-state index contributed by atoms with van der Waals surface area (Å²) < 4.78 is 94.1. The van der Waals surface area contributed by atoms with Gasteiger partial charge in [0.05, 0.1) is 20.3 Å². The van der Waals surface area contributed by atoms with E-state index in [1.54, 1.807) is 0 Å². The van der Waals surface area contributed by atoms with Gasteiger partial charge < -0.3 is 19.3 Å². The summed E-state index contributed by atoms with van der Waals surface area (Å²) in [6.45, 7) is 0. The Bertz CT molecular complexity index is 2340. The molecule has 2 heterocycles. The van der Waals surface area contributed by atoms with E-state index in [2.05, 4.69) is 29.0 Å². The van der Waals surface area contributed by atoms with Crippen molar-refractivity contribution in [3.05, 3.63) is 107 Å². The molecule has 0 aliphatic heterocycles. The highest BCUT2D eigenvalue weighted by atomic mass is 35.5.